The Labute approximate surface area is 149 Å². The van der Waals surface area contributed by atoms with Crippen LogP contribution in [0.3, 0.4) is 0 Å². The van der Waals surface area contributed by atoms with Crippen LogP contribution in [-0.4, -0.2) is 81.0 Å². The van der Waals surface area contributed by atoms with Crippen molar-refractivity contribution in [3.8, 4) is 0 Å². The summed E-state index contributed by atoms with van der Waals surface area (Å²) >= 11 is 0. The molecule has 2 fully saturated rings. The molecular weight excluding hydrogens is 320 g/mol. The summed E-state index contributed by atoms with van der Waals surface area (Å²) < 4.78 is 16.5. The largest absolute Gasteiger partial charge is 0.465 e. The van der Waals surface area contributed by atoms with Gasteiger partial charge in [0.2, 0.25) is 0 Å². The Hall–Kier alpha value is -1.47. The van der Waals surface area contributed by atoms with Gasteiger partial charge >= 0.3 is 5.97 Å². The number of hydrogen-bond acceptors (Lipinski definition) is 6. The lowest BCUT2D eigenvalue weighted by molar-refractivity contribution is -0.156. The van der Waals surface area contributed by atoms with E-state index >= 15 is 0 Å². The maximum absolute atomic E-state index is 12.9. The molecule has 2 heterocycles. The molecule has 2 aliphatic heterocycles. The van der Waals surface area contributed by atoms with Crippen LogP contribution in [0.2, 0.25) is 0 Å². The van der Waals surface area contributed by atoms with Gasteiger partial charge < -0.3 is 14.2 Å². The quantitative estimate of drug-likeness (QED) is 0.723. The van der Waals surface area contributed by atoms with Gasteiger partial charge in [-0.3, -0.25) is 14.6 Å². The Bertz CT molecular complexity index is 527. The molecule has 1 aromatic rings. The van der Waals surface area contributed by atoms with Gasteiger partial charge in [-0.1, -0.05) is 30.3 Å². The van der Waals surface area contributed by atoms with E-state index in [0.29, 0.717) is 33.0 Å². The second-order valence-electron chi connectivity index (χ2n) is 6.35. The molecule has 25 heavy (non-hydrogen) atoms. The topological polar surface area (TPSA) is 51.2 Å². The van der Waals surface area contributed by atoms with Crippen LogP contribution in [0, 0.1) is 0 Å². The van der Waals surface area contributed by atoms with Crippen molar-refractivity contribution < 1.29 is 19.0 Å². The number of rotatable bonds is 6. The van der Waals surface area contributed by atoms with E-state index in [1.165, 1.54) is 0 Å². The number of ether oxygens (including phenoxy) is 3. The first kappa shape index (κ1) is 18.3. The summed E-state index contributed by atoms with van der Waals surface area (Å²) in [6.45, 7) is 8.09. The molecule has 1 aromatic carbocycles. The van der Waals surface area contributed by atoms with Crippen molar-refractivity contribution in [3.63, 3.8) is 0 Å². The molecule has 2 aliphatic rings. The van der Waals surface area contributed by atoms with Gasteiger partial charge in [0, 0.05) is 26.2 Å². The first-order valence-corrected chi connectivity index (χ1v) is 9.16. The average molecular weight is 348 g/mol. The summed E-state index contributed by atoms with van der Waals surface area (Å²) in [6.07, 6.45) is 0. The molecule has 0 bridgehead atoms. The minimum absolute atomic E-state index is 0.0396. The average Bonchev–Trinajstić information content (AvgIpc) is 2.68. The van der Waals surface area contributed by atoms with Gasteiger partial charge in [0.1, 0.15) is 6.04 Å². The van der Waals surface area contributed by atoms with Crippen LogP contribution in [0.15, 0.2) is 30.3 Å². The molecule has 0 N–H and O–H groups in total. The fourth-order valence-corrected chi connectivity index (χ4v) is 3.66. The third-order valence-corrected chi connectivity index (χ3v) is 4.85. The zero-order valence-corrected chi connectivity index (χ0v) is 14.9. The zero-order chi connectivity index (χ0) is 17.5. The lowest BCUT2D eigenvalue weighted by Gasteiger charge is -2.43. The minimum Gasteiger partial charge on any atom is -0.465 e. The van der Waals surface area contributed by atoms with Crippen molar-refractivity contribution >= 4 is 5.97 Å². The van der Waals surface area contributed by atoms with Crippen molar-refractivity contribution in [2.45, 2.75) is 19.0 Å². The molecule has 2 saturated heterocycles. The summed E-state index contributed by atoms with van der Waals surface area (Å²) in [4.78, 5) is 17.5. The molecule has 0 spiro atoms. The molecule has 0 radical (unpaired) electrons. The van der Waals surface area contributed by atoms with Crippen LogP contribution in [0.5, 0.6) is 0 Å². The van der Waals surface area contributed by atoms with E-state index in [4.69, 9.17) is 14.2 Å². The lowest BCUT2D eigenvalue weighted by Crippen LogP contribution is -2.56. The fraction of sp³-hybridized carbons (Fsp3) is 0.632. The molecule has 0 aliphatic carbocycles. The van der Waals surface area contributed by atoms with Crippen LogP contribution >= 0.6 is 0 Å². The van der Waals surface area contributed by atoms with Crippen molar-refractivity contribution in [2.75, 3.05) is 59.2 Å². The molecule has 3 rings (SSSR count). The number of esters is 1. The van der Waals surface area contributed by atoms with Crippen molar-refractivity contribution in [1.82, 2.24) is 9.80 Å². The predicted molar refractivity (Wildman–Crippen MR) is 94.4 cm³/mol. The van der Waals surface area contributed by atoms with Crippen LogP contribution < -0.4 is 0 Å². The normalized spacial score (nSPS) is 22.3. The number of benzene rings is 1. The maximum Gasteiger partial charge on any atom is 0.325 e. The second-order valence-corrected chi connectivity index (χ2v) is 6.35. The van der Waals surface area contributed by atoms with Crippen molar-refractivity contribution in [3.05, 3.63) is 35.9 Å². The summed E-state index contributed by atoms with van der Waals surface area (Å²) in [7, 11) is 0. The number of morpholine rings is 2. The first-order valence-electron chi connectivity index (χ1n) is 9.16. The van der Waals surface area contributed by atoms with Gasteiger partial charge in [0.25, 0.3) is 0 Å². The van der Waals surface area contributed by atoms with Crippen molar-refractivity contribution in [2.24, 2.45) is 0 Å². The van der Waals surface area contributed by atoms with Gasteiger partial charge in [0.05, 0.1) is 39.1 Å². The van der Waals surface area contributed by atoms with E-state index in [1.54, 1.807) is 0 Å². The third-order valence-electron chi connectivity index (χ3n) is 4.85. The van der Waals surface area contributed by atoms with E-state index in [0.717, 1.165) is 31.7 Å². The first-order chi connectivity index (χ1) is 12.3. The molecule has 6 nitrogen and oxygen atoms in total. The number of hydrogen-bond donors (Lipinski definition) is 0. The smallest absolute Gasteiger partial charge is 0.325 e. The highest BCUT2D eigenvalue weighted by molar-refractivity contribution is 5.77. The Morgan fingerprint density at radius 1 is 1.00 bits per heavy atom. The van der Waals surface area contributed by atoms with Crippen molar-refractivity contribution in [1.29, 1.82) is 0 Å². The minimum atomic E-state index is -0.329. The highest BCUT2D eigenvalue weighted by Crippen LogP contribution is 2.30. The molecule has 2 atom stereocenters. The molecule has 0 aromatic heterocycles. The summed E-state index contributed by atoms with van der Waals surface area (Å²) in [5, 5.41) is 0. The second kappa shape index (κ2) is 9.29. The van der Waals surface area contributed by atoms with E-state index < -0.39 is 0 Å². The van der Waals surface area contributed by atoms with E-state index in [9.17, 15) is 4.79 Å². The number of nitrogens with zero attached hydrogens (tertiary/aromatic N) is 2. The zero-order valence-electron chi connectivity index (χ0n) is 14.9. The Balaban J connectivity index is 1.93. The molecule has 0 unspecified atom stereocenters. The Morgan fingerprint density at radius 2 is 1.56 bits per heavy atom. The maximum atomic E-state index is 12.9. The SMILES string of the molecule is CCOC(=O)[C@@H]([C@@H](c1ccccc1)N1CCOCC1)N1CCOCC1. The molecule has 138 valence electrons. The van der Waals surface area contributed by atoms with Crippen LogP contribution in [0.1, 0.15) is 18.5 Å². The summed E-state index contributed by atoms with van der Waals surface area (Å²) in [5.41, 5.74) is 1.15. The Morgan fingerprint density at radius 3 is 2.12 bits per heavy atom. The predicted octanol–water partition coefficient (Wildman–Crippen LogP) is 1.32. The van der Waals surface area contributed by atoms with Gasteiger partial charge in [-0.2, -0.15) is 0 Å². The monoisotopic (exact) mass is 348 g/mol. The third kappa shape index (κ3) is 4.58. The highest BCUT2D eigenvalue weighted by atomic mass is 16.5. The highest BCUT2D eigenvalue weighted by Gasteiger charge is 2.40. The molecule has 0 amide bonds. The fourth-order valence-electron chi connectivity index (χ4n) is 3.66. The van der Waals surface area contributed by atoms with E-state index in [2.05, 4.69) is 21.9 Å². The summed E-state index contributed by atoms with van der Waals surface area (Å²) in [6, 6.07) is 9.91. The van der Waals surface area contributed by atoms with Gasteiger partial charge in [-0.15, -0.1) is 0 Å². The van der Waals surface area contributed by atoms with E-state index in [-0.39, 0.29) is 18.1 Å². The van der Waals surface area contributed by atoms with E-state index in [1.807, 2.05) is 25.1 Å². The molecule has 0 saturated carbocycles. The van der Waals surface area contributed by atoms with Gasteiger partial charge in [0.15, 0.2) is 0 Å². The van der Waals surface area contributed by atoms with Gasteiger partial charge in [-0.05, 0) is 12.5 Å². The molecule has 6 heteroatoms. The van der Waals surface area contributed by atoms with Gasteiger partial charge in [-0.25, -0.2) is 0 Å². The number of carbonyl (C=O) groups is 1. The van der Waals surface area contributed by atoms with Crippen LogP contribution in [0.25, 0.3) is 0 Å². The lowest BCUT2D eigenvalue weighted by atomic mass is 9.95. The number of carbonyl (C=O) groups excluding carboxylic acids is 1. The summed E-state index contributed by atoms with van der Waals surface area (Å²) in [5.74, 6) is -0.148. The molecular formula is C19H28N2O4. The Kier molecular flexibility index (Phi) is 6.81. The van der Waals surface area contributed by atoms with Crippen LogP contribution in [-0.2, 0) is 19.0 Å². The standard InChI is InChI=1S/C19H28N2O4/c1-2-25-19(22)18(21-10-14-24-15-11-21)17(16-6-4-3-5-7-16)20-8-12-23-13-9-20/h3-7,17-18H,2,8-15H2,1H3/t17-,18-/m1/s1. The van der Waals surface area contributed by atoms with Crippen LogP contribution in [0.4, 0.5) is 0 Å².